The summed E-state index contributed by atoms with van der Waals surface area (Å²) in [5, 5.41) is 2.74. The maximum atomic E-state index is 12.8. The second kappa shape index (κ2) is 7.74. The molecule has 1 unspecified atom stereocenters. The van der Waals surface area contributed by atoms with E-state index in [1.807, 2.05) is 6.92 Å². The van der Waals surface area contributed by atoms with Gasteiger partial charge in [-0.25, -0.2) is 9.97 Å². The Balaban J connectivity index is 1.91. The molecule has 0 spiro atoms. The first-order valence-corrected chi connectivity index (χ1v) is 8.22. The molecule has 1 aromatic carbocycles. The van der Waals surface area contributed by atoms with Crippen molar-refractivity contribution in [2.75, 3.05) is 25.3 Å². The number of benzene rings is 1. The van der Waals surface area contributed by atoms with Crippen LogP contribution in [0.2, 0.25) is 0 Å². The number of carbonyl (C=O) groups is 1. The lowest BCUT2D eigenvalue weighted by Gasteiger charge is -2.17. The smallest absolute Gasteiger partial charge is 0.278 e. The van der Waals surface area contributed by atoms with Crippen LogP contribution >= 0.6 is 0 Å². The molecule has 0 saturated heterocycles. The van der Waals surface area contributed by atoms with Gasteiger partial charge in [-0.3, -0.25) is 9.79 Å². The molecule has 1 amide bonds. The Hall–Kier alpha value is -3.60. The molecule has 2 heterocycles. The molecule has 1 aliphatic rings. The number of rotatable bonds is 5. The molecule has 0 aliphatic carbocycles. The van der Waals surface area contributed by atoms with E-state index in [1.54, 1.807) is 24.4 Å². The molecular formula is C19H19N5O3. The van der Waals surface area contributed by atoms with E-state index in [-0.39, 0.29) is 23.5 Å². The third-order valence-corrected chi connectivity index (χ3v) is 4.10. The molecule has 3 rings (SSSR count). The normalized spacial score (nSPS) is 17.6. The Bertz CT molecular complexity index is 962. The minimum absolute atomic E-state index is 0.0147. The third-order valence-electron chi connectivity index (χ3n) is 4.10. The summed E-state index contributed by atoms with van der Waals surface area (Å²) in [5.41, 5.74) is 6.87. The van der Waals surface area contributed by atoms with Gasteiger partial charge < -0.3 is 20.5 Å². The zero-order chi connectivity index (χ0) is 19.4. The fourth-order valence-electron chi connectivity index (χ4n) is 2.63. The first-order valence-electron chi connectivity index (χ1n) is 8.22. The van der Waals surface area contributed by atoms with Crippen molar-refractivity contribution in [3.8, 4) is 23.3 Å². The molecule has 3 N–H and O–H groups in total. The minimum Gasteiger partial charge on any atom is -0.497 e. The van der Waals surface area contributed by atoms with Crippen LogP contribution in [0.25, 0.3) is 0 Å². The van der Waals surface area contributed by atoms with Crippen LogP contribution in [-0.4, -0.2) is 42.4 Å². The summed E-state index contributed by atoms with van der Waals surface area (Å²) in [5.74, 6) is 6.19. The molecule has 0 bridgehead atoms. The van der Waals surface area contributed by atoms with Crippen LogP contribution in [0.3, 0.4) is 0 Å². The van der Waals surface area contributed by atoms with Gasteiger partial charge in [-0.2, -0.15) is 0 Å². The predicted molar refractivity (Wildman–Crippen MR) is 102 cm³/mol. The Morgan fingerprint density at radius 1 is 1.30 bits per heavy atom. The SMILES string of the molecule is COc1ccc(OC)c(NC(=O)c2nc(C3C#CC=N[C@H]3C)cnc2N)c1. The van der Waals surface area contributed by atoms with Gasteiger partial charge in [0.25, 0.3) is 5.91 Å². The van der Waals surface area contributed by atoms with Gasteiger partial charge in [0.05, 0.1) is 50.0 Å². The molecule has 2 aromatic rings. The standard InChI is InChI=1S/C19H19N5O3/c1-11-13(5-4-8-21-11)15-10-22-18(20)17(23-15)19(25)24-14-9-12(26-2)6-7-16(14)27-3/h6-11,13H,1-3H3,(H2,20,22)(H,24,25)/t11-,13?/m0/s1. The summed E-state index contributed by atoms with van der Waals surface area (Å²) in [6.45, 7) is 1.92. The van der Waals surface area contributed by atoms with Crippen LogP contribution in [0.4, 0.5) is 11.5 Å². The molecule has 2 atom stereocenters. The molecule has 0 radical (unpaired) electrons. The summed E-state index contributed by atoms with van der Waals surface area (Å²) >= 11 is 0. The molecular weight excluding hydrogens is 346 g/mol. The summed E-state index contributed by atoms with van der Waals surface area (Å²) < 4.78 is 10.5. The van der Waals surface area contributed by atoms with E-state index < -0.39 is 5.91 Å². The number of nitrogens with one attached hydrogen (secondary N) is 1. The Morgan fingerprint density at radius 2 is 2.11 bits per heavy atom. The Kier molecular flexibility index (Phi) is 5.22. The number of aromatic nitrogens is 2. The number of hydrogen-bond donors (Lipinski definition) is 2. The number of aliphatic imine (C=N–C) groups is 1. The van der Waals surface area contributed by atoms with Crippen molar-refractivity contribution in [1.82, 2.24) is 9.97 Å². The van der Waals surface area contributed by atoms with Gasteiger partial charge >= 0.3 is 0 Å². The number of carbonyl (C=O) groups excluding carboxylic acids is 1. The highest BCUT2D eigenvalue weighted by Gasteiger charge is 2.23. The third kappa shape index (κ3) is 3.82. The summed E-state index contributed by atoms with van der Waals surface area (Å²) in [6, 6.07) is 4.98. The van der Waals surface area contributed by atoms with Crippen LogP contribution in [-0.2, 0) is 0 Å². The number of nitrogen functional groups attached to an aromatic ring is 1. The highest BCUT2D eigenvalue weighted by Crippen LogP contribution is 2.29. The molecule has 27 heavy (non-hydrogen) atoms. The monoisotopic (exact) mass is 365 g/mol. The van der Waals surface area contributed by atoms with E-state index in [4.69, 9.17) is 15.2 Å². The van der Waals surface area contributed by atoms with Crippen molar-refractivity contribution in [2.45, 2.75) is 18.9 Å². The van der Waals surface area contributed by atoms with Gasteiger partial charge in [0.2, 0.25) is 0 Å². The van der Waals surface area contributed by atoms with Crippen molar-refractivity contribution in [1.29, 1.82) is 0 Å². The van der Waals surface area contributed by atoms with Crippen molar-refractivity contribution in [2.24, 2.45) is 4.99 Å². The second-order valence-electron chi connectivity index (χ2n) is 5.83. The van der Waals surface area contributed by atoms with Crippen LogP contribution in [0.5, 0.6) is 11.5 Å². The zero-order valence-electron chi connectivity index (χ0n) is 15.2. The average molecular weight is 365 g/mol. The summed E-state index contributed by atoms with van der Waals surface area (Å²) in [4.78, 5) is 25.5. The molecule has 1 aromatic heterocycles. The van der Waals surface area contributed by atoms with Gasteiger partial charge in [-0.05, 0) is 19.1 Å². The van der Waals surface area contributed by atoms with E-state index in [9.17, 15) is 4.79 Å². The number of hydrogen-bond acceptors (Lipinski definition) is 7. The highest BCUT2D eigenvalue weighted by molar-refractivity contribution is 6.06. The van der Waals surface area contributed by atoms with Crippen molar-refractivity contribution in [3.05, 3.63) is 35.8 Å². The minimum atomic E-state index is -0.506. The average Bonchev–Trinajstić information content (AvgIpc) is 2.68. The van der Waals surface area contributed by atoms with Gasteiger partial charge in [0.15, 0.2) is 11.5 Å². The fourth-order valence-corrected chi connectivity index (χ4v) is 2.63. The molecule has 8 heteroatoms. The van der Waals surface area contributed by atoms with E-state index in [1.165, 1.54) is 20.4 Å². The summed E-state index contributed by atoms with van der Waals surface area (Å²) in [6.07, 6.45) is 3.09. The van der Waals surface area contributed by atoms with Crippen LogP contribution < -0.4 is 20.5 Å². The molecule has 1 aliphatic heterocycles. The fraction of sp³-hybridized carbons (Fsp3) is 0.263. The first kappa shape index (κ1) is 18.2. The first-order chi connectivity index (χ1) is 13.0. The summed E-state index contributed by atoms with van der Waals surface area (Å²) in [7, 11) is 3.05. The van der Waals surface area contributed by atoms with Gasteiger partial charge in [-0.15, -0.1) is 0 Å². The van der Waals surface area contributed by atoms with Crippen molar-refractivity contribution in [3.63, 3.8) is 0 Å². The lowest BCUT2D eigenvalue weighted by Crippen LogP contribution is -2.21. The predicted octanol–water partition coefficient (Wildman–Crippen LogP) is 1.89. The lowest BCUT2D eigenvalue weighted by molar-refractivity contribution is 0.102. The van der Waals surface area contributed by atoms with Crippen molar-refractivity contribution < 1.29 is 14.3 Å². The number of nitrogens with zero attached hydrogens (tertiary/aromatic N) is 3. The Labute approximate surface area is 156 Å². The van der Waals surface area contributed by atoms with Crippen molar-refractivity contribution >= 4 is 23.6 Å². The van der Waals surface area contributed by atoms with Gasteiger partial charge in [0, 0.05) is 6.07 Å². The highest BCUT2D eigenvalue weighted by atomic mass is 16.5. The Morgan fingerprint density at radius 3 is 2.81 bits per heavy atom. The number of anilines is 2. The maximum Gasteiger partial charge on any atom is 0.278 e. The number of amides is 1. The number of ether oxygens (including phenoxy) is 2. The van der Waals surface area contributed by atoms with E-state index in [2.05, 4.69) is 32.1 Å². The van der Waals surface area contributed by atoms with Gasteiger partial charge in [-0.1, -0.05) is 11.8 Å². The molecule has 0 fully saturated rings. The quantitative estimate of drug-likeness (QED) is 0.783. The lowest BCUT2D eigenvalue weighted by atomic mass is 9.97. The van der Waals surface area contributed by atoms with E-state index in [0.29, 0.717) is 22.9 Å². The van der Waals surface area contributed by atoms with E-state index in [0.717, 1.165) is 0 Å². The van der Waals surface area contributed by atoms with E-state index >= 15 is 0 Å². The van der Waals surface area contributed by atoms with Crippen LogP contribution in [0.15, 0.2) is 29.4 Å². The number of methoxy groups -OCH3 is 2. The molecule has 8 nitrogen and oxygen atoms in total. The van der Waals surface area contributed by atoms with Gasteiger partial charge in [0.1, 0.15) is 11.5 Å². The van der Waals surface area contributed by atoms with Crippen LogP contribution in [0.1, 0.15) is 29.0 Å². The topological polar surface area (TPSA) is 112 Å². The largest absolute Gasteiger partial charge is 0.497 e. The molecule has 138 valence electrons. The van der Waals surface area contributed by atoms with Crippen LogP contribution in [0, 0.1) is 11.8 Å². The zero-order valence-corrected chi connectivity index (χ0v) is 15.2. The number of nitrogens with two attached hydrogens (primary N) is 1. The second-order valence-corrected chi connectivity index (χ2v) is 5.83. The maximum absolute atomic E-state index is 12.8. The molecule has 0 saturated carbocycles.